The van der Waals surface area contributed by atoms with E-state index in [1.54, 1.807) is 0 Å². The molecule has 7 heteroatoms. The number of rotatable bonds is 4. The number of amides is 3. The smallest absolute Gasteiger partial charge is 0.262 e. The lowest BCUT2D eigenvalue weighted by Crippen LogP contribution is -2.40. The molecule has 102 valence electrons. The van der Waals surface area contributed by atoms with Crippen molar-refractivity contribution in [2.75, 3.05) is 18.8 Å². The molecule has 1 aromatic rings. The van der Waals surface area contributed by atoms with Gasteiger partial charge in [0.2, 0.25) is 5.91 Å². The molecule has 0 aromatic heterocycles. The Labute approximate surface area is 115 Å². The van der Waals surface area contributed by atoms with E-state index in [9.17, 15) is 14.4 Å². The van der Waals surface area contributed by atoms with Crippen molar-refractivity contribution in [1.82, 2.24) is 10.2 Å². The predicted octanol–water partition coefficient (Wildman–Crippen LogP) is -0.105. The Bertz CT molecular complexity index is 633. The van der Waals surface area contributed by atoms with E-state index in [4.69, 9.17) is 11.0 Å². The lowest BCUT2D eigenvalue weighted by Gasteiger charge is -2.12. The van der Waals surface area contributed by atoms with Crippen molar-refractivity contribution < 1.29 is 14.4 Å². The zero-order valence-corrected chi connectivity index (χ0v) is 10.5. The molecule has 3 amide bonds. The standard InChI is InChI=1S/C13H12N4O3/c14-4-1-5-16-11(18)7-17-12(19)9-3-2-8(15)6-10(9)13(17)20/h2-3,6H,1,5,7,15H2,(H,16,18). The molecular weight excluding hydrogens is 260 g/mol. The van der Waals surface area contributed by atoms with Crippen molar-refractivity contribution in [3.63, 3.8) is 0 Å². The van der Waals surface area contributed by atoms with Crippen molar-refractivity contribution in [3.8, 4) is 6.07 Å². The third kappa shape index (κ3) is 2.44. The average molecular weight is 272 g/mol. The highest BCUT2D eigenvalue weighted by Crippen LogP contribution is 2.24. The zero-order chi connectivity index (χ0) is 14.7. The van der Waals surface area contributed by atoms with Gasteiger partial charge in [-0.05, 0) is 18.2 Å². The molecule has 0 fully saturated rings. The second-order valence-corrected chi connectivity index (χ2v) is 4.26. The predicted molar refractivity (Wildman–Crippen MR) is 69.5 cm³/mol. The minimum absolute atomic E-state index is 0.171. The van der Waals surface area contributed by atoms with E-state index in [1.165, 1.54) is 18.2 Å². The van der Waals surface area contributed by atoms with Crippen LogP contribution in [0.1, 0.15) is 27.1 Å². The van der Waals surface area contributed by atoms with Gasteiger partial charge >= 0.3 is 0 Å². The first-order valence-corrected chi connectivity index (χ1v) is 5.94. The Hall–Kier alpha value is -2.88. The number of fused-ring (bicyclic) bond motifs is 1. The molecule has 0 saturated carbocycles. The van der Waals surface area contributed by atoms with Gasteiger partial charge in [-0.3, -0.25) is 19.3 Å². The number of carbonyl (C=O) groups is 3. The third-order valence-corrected chi connectivity index (χ3v) is 2.86. The fraction of sp³-hybridized carbons (Fsp3) is 0.231. The number of imide groups is 1. The minimum Gasteiger partial charge on any atom is -0.399 e. The molecular formula is C13H12N4O3. The summed E-state index contributed by atoms with van der Waals surface area (Å²) in [6.07, 6.45) is 0.171. The number of nitrogens with zero attached hydrogens (tertiary/aromatic N) is 2. The van der Waals surface area contributed by atoms with Crippen LogP contribution in [0.3, 0.4) is 0 Å². The fourth-order valence-corrected chi connectivity index (χ4v) is 1.91. The molecule has 2 rings (SSSR count). The number of nitriles is 1. The SMILES string of the molecule is N#CCCNC(=O)CN1C(=O)c2ccc(N)cc2C1=O. The topological polar surface area (TPSA) is 116 Å². The summed E-state index contributed by atoms with van der Waals surface area (Å²) >= 11 is 0. The second-order valence-electron chi connectivity index (χ2n) is 4.26. The summed E-state index contributed by atoms with van der Waals surface area (Å²) in [4.78, 5) is 36.5. The van der Waals surface area contributed by atoms with Gasteiger partial charge in [-0.1, -0.05) is 0 Å². The van der Waals surface area contributed by atoms with Crippen LogP contribution in [0.15, 0.2) is 18.2 Å². The van der Waals surface area contributed by atoms with Gasteiger partial charge in [-0.15, -0.1) is 0 Å². The molecule has 3 N–H and O–H groups in total. The van der Waals surface area contributed by atoms with Crippen LogP contribution >= 0.6 is 0 Å². The van der Waals surface area contributed by atoms with Gasteiger partial charge in [0.1, 0.15) is 6.54 Å². The van der Waals surface area contributed by atoms with Gasteiger partial charge in [-0.2, -0.15) is 5.26 Å². The van der Waals surface area contributed by atoms with Gasteiger partial charge < -0.3 is 11.1 Å². The molecule has 1 aromatic carbocycles. The normalized spacial score (nSPS) is 13.1. The van der Waals surface area contributed by atoms with Crippen molar-refractivity contribution in [3.05, 3.63) is 29.3 Å². The van der Waals surface area contributed by atoms with Crippen molar-refractivity contribution in [2.24, 2.45) is 0 Å². The number of hydrogen-bond acceptors (Lipinski definition) is 5. The van der Waals surface area contributed by atoms with Crippen LogP contribution in [-0.4, -0.2) is 35.7 Å². The molecule has 1 aliphatic rings. The van der Waals surface area contributed by atoms with Gasteiger partial charge in [0.05, 0.1) is 23.6 Å². The van der Waals surface area contributed by atoms with Gasteiger partial charge in [0.25, 0.3) is 11.8 Å². The van der Waals surface area contributed by atoms with Crippen LogP contribution in [0, 0.1) is 11.3 Å². The first kappa shape index (κ1) is 13.5. The maximum Gasteiger partial charge on any atom is 0.262 e. The van der Waals surface area contributed by atoms with Crippen molar-refractivity contribution in [1.29, 1.82) is 5.26 Å². The first-order chi connectivity index (χ1) is 9.54. The van der Waals surface area contributed by atoms with E-state index >= 15 is 0 Å². The Morgan fingerprint density at radius 2 is 2.00 bits per heavy atom. The monoisotopic (exact) mass is 272 g/mol. The highest BCUT2D eigenvalue weighted by molar-refractivity contribution is 6.22. The van der Waals surface area contributed by atoms with Crippen LogP contribution in [0.5, 0.6) is 0 Å². The first-order valence-electron chi connectivity index (χ1n) is 5.94. The molecule has 0 unspecified atom stereocenters. The highest BCUT2D eigenvalue weighted by atomic mass is 16.2. The van der Waals surface area contributed by atoms with Gasteiger partial charge in [0, 0.05) is 12.2 Å². The van der Waals surface area contributed by atoms with E-state index in [0.717, 1.165) is 4.90 Å². The highest BCUT2D eigenvalue weighted by Gasteiger charge is 2.36. The Morgan fingerprint density at radius 3 is 2.70 bits per heavy atom. The number of benzene rings is 1. The summed E-state index contributed by atoms with van der Waals surface area (Å²) < 4.78 is 0. The molecule has 20 heavy (non-hydrogen) atoms. The van der Waals surface area contributed by atoms with Crippen LogP contribution in [0.25, 0.3) is 0 Å². The Balaban J connectivity index is 2.09. The summed E-state index contributed by atoms with van der Waals surface area (Å²) in [6.45, 7) is -0.177. The molecule has 0 aliphatic carbocycles. The summed E-state index contributed by atoms with van der Waals surface area (Å²) in [7, 11) is 0. The fourth-order valence-electron chi connectivity index (χ4n) is 1.91. The number of nitrogens with two attached hydrogens (primary N) is 1. The largest absolute Gasteiger partial charge is 0.399 e. The van der Waals surface area contributed by atoms with Crippen LogP contribution in [-0.2, 0) is 4.79 Å². The van der Waals surface area contributed by atoms with Crippen LogP contribution in [0.4, 0.5) is 5.69 Å². The van der Waals surface area contributed by atoms with E-state index in [1.807, 2.05) is 6.07 Å². The van der Waals surface area contributed by atoms with E-state index in [2.05, 4.69) is 5.32 Å². The lowest BCUT2D eigenvalue weighted by atomic mass is 10.1. The van der Waals surface area contributed by atoms with E-state index in [-0.39, 0.29) is 30.6 Å². The molecule has 0 spiro atoms. The summed E-state index contributed by atoms with van der Waals surface area (Å²) in [5.41, 5.74) is 6.41. The summed E-state index contributed by atoms with van der Waals surface area (Å²) in [6, 6.07) is 6.30. The Kier molecular flexibility index (Phi) is 3.66. The average Bonchev–Trinajstić information content (AvgIpc) is 2.64. The quantitative estimate of drug-likeness (QED) is 0.451. The van der Waals surface area contributed by atoms with E-state index in [0.29, 0.717) is 5.69 Å². The molecule has 1 aliphatic heterocycles. The molecule has 0 atom stereocenters. The minimum atomic E-state index is -0.535. The maximum atomic E-state index is 12.0. The summed E-state index contributed by atoms with van der Waals surface area (Å²) in [5.74, 6) is -1.53. The van der Waals surface area contributed by atoms with Crippen LogP contribution in [0.2, 0.25) is 0 Å². The van der Waals surface area contributed by atoms with Gasteiger partial charge in [-0.25, -0.2) is 0 Å². The lowest BCUT2D eigenvalue weighted by molar-refractivity contribution is -0.121. The molecule has 0 saturated heterocycles. The summed E-state index contributed by atoms with van der Waals surface area (Å²) in [5, 5.41) is 10.8. The molecule has 7 nitrogen and oxygen atoms in total. The number of carbonyl (C=O) groups excluding carboxylic acids is 3. The van der Waals surface area contributed by atoms with E-state index < -0.39 is 17.7 Å². The third-order valence-electron chi connectivity index (χ3n) is 2.86. The number of nitrogens with one attached hydrogen (secondary N) is 1. The van der Waals surface area contributed by atoms with Crippen molar-refractivity contribution >= 4 is 23.4 Å². The molecule has 0 bridgehead atoms. The number of hydrogen-bond donors (Lipinski definition) is 2. The number of anilines is 1. The van der Waals surface area contributed by atoms with Crippen molar-refractivity contribution in [2.45, 2.75) is 6.42 Å². The molecule has 1 heterocycles. The molecule has 0 radical (unpaired) electrons. The maximum absolute atomic E-state index is 12.0. The van der Waals surface area contributed by atoms with Gasteiger partial charge in [0.15, 0.2) is 0 Å². The zero-order valence-electron chi connectivity index (χ0n) is 10.5. The Morgan fingerprint density at radius 1 is 1.30 bits per heavy atom. The van der Waals surface area contributed by atoms with Crippen LogP contribution < -0.4 is 11.1 Å². The number of nitrogen functional groups attached to an aromatic ring is 1. The second kappa shape index (κ2) is 5.40.